The molecule has 0 radical (unpaired) electrons. The Bertz CT molecular complexity index is 1040. The number of benzene rings is 3. The second-order valence-electron chi connectivity index (χ2n) is 5.77. The van der Waals surface area contributed by atoms with Crippen molar-refractivity contribution < 1.29 is 13.9 Å². The Morgan fingerprint density at radius 1 is 1.03 bits per heavy atom. The minimum Gasteiger partial charge on any atom is -0.423 e. The van der Waals surface area contributed by atoms with Crippen molar-refractivity contribution in [3.05, 3.63) is 93.3 Å². The highest BCUT2D eigenvalue weighted by Gasteiger charge is 2.11. The number of esters is 1. The summed E-state index contributed by atoms with van der Waals surface area (Å²) in [4.78, 5) is 12.2. The van der Waals surface area contributed by atoms with E-state index in [0.29, 0.717) is 17.0 Å². The smallest absolute Gasteiger partial charge is 0.344 e. The van der Waals surface area contributed by atoms with Gasteiger partial charge in [0, 0.05) is 9.26 Å². The number of nitrogens with one attached hydrogen (secondary N) is 2. The maximum Gasteiger partial charge on any atom is 0.344 e. The Morgan fingerprint density at radius 3 is 2.41 bits per heavy atom. The molecule has 29 heavy (non-hydrogen) atoms. The fourth-order valence-corrected chi connectivity index (χ4v) is 3.05. The maximum absolute atomic E-state index is 12.9. The number of hydrogen-bond donors (Lipinski definition) is 2. The molecule has 3 aromatic rings. The molecule has 8 heteroatoms. The van der Waals surface area contributed by atoms with Gasteiger partial charge in [-0.3, -0.25) is 5.43 Å². The van der Waals surface area contributed by atoms with Gasteiger partial charge >= 0.3 is 5.97 Å². The first kappa shape index (κ1) is 20.9. The molecule has 3 rings (SSSR count). The van der Waals surface area contributed by atoms with Gasteiger partial charge in [-0.25, -0.2) is 9.18 Å². The fourth-order valence-electron chi connectivity index (χ4n) is 2.27. The van der Waals surface area contributed by atoms with Gasteiger partial charge < -0.3 is 10.1 Å². The van der Waals surface area contributed by atoms with Crippen LogP contribution >= 0.6 is 34.8 Å². The molecule has 3 aromatic carbocycles. The molecule has 2 N–H and O–H groups in total. The third-order valence-electron chi connectivity index (χ3n) is 3.67. The molecule has 0 bridgehead atoms. The third kappa shape index (κ3) is 6.33. The lowest BCUT2D eigenvalue weighted by molar-refractivity contribution is 0.0733. The van der Waals surface area contributed by atoms with Gasteiger partial charge in [0.2, 0.25) is 0 Å². The Hall–Kier alpha value is -2.85. The van der Waals surface area contributed by atoms with Crippen LogP contribution in [0.3, 0.4) is 0 Å². The lowest BCUT2D eigenvalue weighted by Gasteiger charge is -2.07. The summed E-state index contributed by atoms with van der Waals surface area (Å²) < 4.78 is 19.1. The third-order valence-corrected chi connectivity index (χ3v) is 4.80. The molecule has 0 fully saturated rings. The van der Waals surface area contributed by atoms with E-state index in [2.05, 4.69) is 38.4 Å². The summed E-state index contributed by atoms with van der Waals surface area (Å²) in [6.07, 6.45) is 1.57. The molecule has 0 saturated heterocycles. The number of rotatable bonds is 5. The molecule has 0 amide bonds. The standard InChI is InChI=1S/C21H15FIN3O2S/c22-15-7-9-16(10-8-15)25-21(29)26-24-13-14-5-11-17(12-6-14)28-20(27)18-3-1-2-4-19(18)23/h1-13H,(H2,25,26,29)/b24-13-. The van der Waals surface area contributed by atoms with E-state index in [1.54, 1.807) is 54.7 Å². The Kier molecular flexibility index (Phi) is 7.25. The van der Waals surface area contributed by atoms with E-state index in [4.69, 9.17) is 17.0 Å². The summed E-state index contributed by atoms with van der Waals surface area (Å²) in [6, 6.07) is 19.9. The first-order chi connectivity index (χ1) is 14.0. The predicted molar refractivity (Wildman–Crippen MR) is 124 cm³/mol. The average molecular weight is 519 g/mol. The Balaban J connectivity index is 1.52. The van der Waals surface area contributed by atoms with Crippen molar-refractivity contribution in [2.24, 2.45) is 5.10 Å². The van der Waals surface area contributed by atoms with Crippen molar-refractivity contribution in [2.45, 2.75) is 0 Å². The van der Waals surface area contributed by atoms with Crippen molar-refractivity contribution in [1.82, 2.24) is 5.43 Å². The van der Waals surface area contributed by atoms with Crippen LogP contribution in [0.2, 0.25) is 0 Å². The minimum atomic E-state index is -0.407. The quantitative estimate of drug-likeness (QED) is 0.125. The van der Waals surface area contributed by atoms with Crippen LogP contribution in [0.25, 0.3) is 0 Å². The summed E-state index contributed by atoms with van der Waals surface area (Å²) in [5, 5.41) is 7.21. The van der Waals surface area contributed by atoms with Gasteiger partial charge in [0.1, 0.15) is 11.6 Å². The summed E-state index contributed by atoms with van der Waals surface area (Å²) in [6.45, 7) is 0. The Morgan fingerprint density at radius 2 is 1.72 bits per heavy atom. The van der Waals surface area contributed by atoms with E-state index in [-0.39, 0.29) is 10.9 Å². The lowest BCUT2D eigenvalue weighted by atomic mass is 10.2. The molecular formula is C21H15FIN3O2S. The molecule has 5 nitrogen and oxygen atoms in total. The normalized spacial score (nSPS) is 10.6. The van der Waals surface area contributed by atoms with Crippen LogP contribution in [0.4, 0.5) is 10.1 Å². The highest BCUT2D eigenvalue weighted by atomic mass is 127. The molecule has 0 spiro atoms. The van der Waals surface area contributed by atoms with E-state index in [1.807, 2.05) is 12.1 Å². The van der Waals surface area contributed by atoms with E-state index in [0.717, 1.165) is 9.13 Å². The maximum atomic E-state index is 12.9. The second kappa shape index (κ2) is 10.1. The molecule has 0 aliphatic rings. The Labute approximate surface area is 186 Å². The van der Waals surface area contributed by atoms with Crippen LogP contribution in [0.1, 0.15) is 15.9 Å². The van der Waals surface area contributed by atoms with Crippen LogP contribution < -0.4 is 15.5 Å². The van der Waals surface area contributed by atoms with E-state index >= 15 is 0 Å². The number of anilines is 1. The van der Waals surface area contributed by atoms with Gasteiger partial charge in [0.25, 0.3) is 0 Å². The highest BCUT2D eigenvalue weighted by molar-refractivity contribution is 14.1. The topological polar surface area (TPSA) is 62.7 Å². The molecule has 0 aliphatic carbocycles. The van der Waals surface area contributed by atoms with Gasteiger partial charge in [-0.2, -0.15) is 5.10 Å². The zero-order valence-electron chi connectivity index (χ0n) is 14.9. The van der Waals surface area contributed by atoms with Crippen LogP contribution in [0, 0.1) is 9.39 Å². The zero-order valence-corrected chi connectivity index (χ0v) is 17.9. The summed E-state index contributed by atoms with van der Waals surface area (Å²) in [5.74, 6) is -0.288. The number of hydrazone groups is 1. The predicted octanol–water partition coefficient (Wildman–Crippen LogP) is 4.97. The van der Waals surface area contributed by atoms with Gasteiger partial charge in [-0.1, -0.05) is 12.1 Å². The number of carbonyl (C=O) groups excluding carboxylic acids is 1. The van der Waals surface area contributed by atoms with Crippen molar-refractivity contribution in [3.63, 3.8) is 0 Å². The van der Waals surface area contributed by atoms with Gasteiger partial charge in [-0.15, -0.1) is 0 Å². The monoisotopic (exact) mass is 519 g/mol. The van der Waals surface area contributed by atoms with E-state index < -0.39 is 5.97 Å². The van der Waals surface area contributed by atoms with Crippen LogP contribution in [0.5, 0.6) is 5.75 Å². The van der Waals surface area contributed by atoms with E-state index in [1.165, 1.54) is 12.1 Å². The number of carbonyl (C=O) groups is 1. The van der Waals surface area contributed by atoms with Crippen molar-refractivity contribution >= 4 is 57.8 Å². The average Bonchev–Trinajstić information content (AvgIpc) is 2.71. The lowest BCUT2D eigenvalue weighted by Crippen LogP contribution is -2.23. The molecule has 0 aromatic heterocycles. The molecular weight excluding hydrogens is 504 g/mol. The number of ether oxygens (including phenoxy) is 1. The number of thiocarbonyl (C=S) groups is 1. The zero-order chi connectivity index (χ0) is 20.6. The first-order valence-electron chi connectivity index (χ1n) is 8.44. The summed E-state index contributed by atoms with van der Waals surface area (Å²) >= 11 is 7.22. The van der Waals surface area contributed by atoms with Crippen molar-refractivity contribution in [3.8, 4) is 5.75 Å². The SMILES string of the molecule is O=C(Oc1ccc(/C=N\NC(=S)Nc2ccc(F)cc2)cc1)c1ccccc1I. The first-order valence-corrected chi connectivity index (χ1v) is 9.92. The number of halogens is 2. The molecule has 146 valence electrons. The van der Waals surface area contributed by atoms with E-state index in [9.17, 15) is 9.18 Å². The van der Waals surface area contributed by atoms with Gasteiger partial charge in [0.05, 0.1) is 11.8 Å². The number of nitrogens with zero attached hydrogens (tertiary/aromatic N) is 1. The number of hydrogen-bond acceptors (Lipinski definition) is 4. The minimum absolute atomic E-state index is 0.274. The molecule has 0 aliphatic heterocycles. The fraction of sp³-hybridized carbons (Fsp3) is 0. The largest absolute Gasteiger partial charge is 0.423 e. The summed E-state index contributed by atoms with van der Waals surface area (Å²) in [7, 11) is 0. The second-order valence-corrected chi connectivity index (χ2v) is 7.34. The molecule has 0 heterocycles. The van der Waals surface area contributed by atoms with Gasteiger partial charge in [0.15, 0.2) is 5.11 Å². The van der Waals surface area contributed by atoms with Crippen LogP contribution in [-0.4, -0.2) is 17.3 Å². The molecule has 0 atom stereocenters. The molecule has 0 unspecified atom stereocenters. The van der Waals surface area contributed by atoms with Crippen LogP contribution in [-0.2, 0) is 0 Å². The summed E-state index contributed by atoms with van der Waals surface area (Å²) in [5.41, 5.74) is 4.64. The van der Waals surface area contributed by atoms with Crippen LogP contribution in [0.15, 0.2) is 77.9 Å². The highest BCUT2D eigenvalue weighted by Crippen LogP contribution is 2.17. The van der Waals surface area contributed by atoms with Gasteiger partial charge in [-0.05, 0) is 101 Å². The van der Waals surface area contributed by atoms with Crippen molar-refractivity contribution in [1.29, 1.82) is 0 Å². The van der Waals surface area contributed by atoms with Crippen molar-refractivity contribution in [2.75, 3.05) is 5.32 Å². The molecule has 0 saturated carbocycles.